The van der Waals surface area contributed by atoms with Gasteiger partial charge in [0.15, 0.2) is 12.1 Å². The van der Waals surface area contributed by atoms with Crippen LogP contribution < -0.4 is 4.74 Å². The first-order chi connectivity index (χ1) is 11.0. The van der Waals surface area contributed by atoms with E-state index in [4.69, 9.17) is 23.7 Å². The van der Waals surface area contributed by atoms with Gasteiger partial charge < -0.3 is 23.7 Å². The van der Waals surface area contributed by atoms with Gasteiger partial charge in [-0.15, -0.1) is 0 Å². The predicted octanol–water partition coefficient (Wildman–Crippen LogP) is 3.21. The summed E-state index contributed by atoms with van der Waals surface area (Å²) in [4.78, 5) is 0. The van der Waals surface area contributed by atoms with Gasteiger partial charge in [-0.25, -0.2) is 0 Å². The summed E-state index contributed by atoms with van der Waals surface area (Å²) in [5.74, 6) is 0.240. The monoisotopic (exact) mass is 432 g/mol. The van der Waals surface area contributed by atoms with Crippen LogP contribution in [0.5, 0.6) is 5.75 Å². The van der Waals surface area contributed by atoms with E-state index < -0.39 is 5.79 Å². The Morgan fingerprint density at radius 3 is 2.48 bits per heavy atom. The average Bonchev–Trinajstić information content (AvgIpc) is 3.00. The Morgan fingerprint density at radius 2 is 1.78 bits per heavy atom. The second-order valence-electron chi connectivity index (χ2n) is 6.68. The smallest absolute Gasteiger partial charge is 0.190 e. The third-order valence-corrected chi connectivity index (χ3v) is 5.85. The third-order valence-electron chi connectivity index (χ3n) is 4.63. The van der Waals surface area contributed by atoms with Crippen LogP contribution in [-0.4, -0.2) is 41.4 Å². The van der Waals surface area contributed by atoms with Gasteiger partial charge in [0.1, 0.15) is 24.1 Å². The van der Waals surface area contributed by atoms with E-state index >= 15 is 0 Å². The normalized spacial score (nSPS) is 41.4. The Hall–Kier alpha value is -0.410. The van der Waals surface area contributed by atoms with Crippen molar-refractivity contribution in [3.8, 4) is 5.75 Å². The molecule has 3 heterocycles. The van der Waals surface area contributed by atoms with Gasteiger partial charge in [0.2, 0.25) is 0 Å². The largest absolute Gasteiger partial charge is 0.497 e. The van der Waals surface area contributed by atoms with Crippen LogP contribution in [0.15, 0.2) is 24.3 Å². The number of rotatable bonds is 2. The molecule has 4 rings (SSSR count). The molecule has 126 valence electrons. The molecule has 3 saturated heterocycles. The minimum absolute atomic E-state index is 0.0243. The molecule has 6 atom stereocenters. The van der Waals surface area contributed by atoms with Gasteiger partial charge in [-0.3, -0.25) is 0 Å². The molecule has 6 heteroatoms. The van der Waals surface area contributed by atoms with Crippen molar-refractivity contribution in [2.45, 2.75) is 60.7 Å². The SMILES string of the molecule is COc1ccc([C@H]2C[C@@H](I)[C@H]3O[C@H]4OC(C)(C)O[C@H]4[C@H]3O2)cc1. The van der Waals surface area contributed by atoms with E-state index in [1.54, 1.807) is 7.11 Å². The van der Waals surface area contributed by atoms with Crippen molar-refractivity contribution in [2.24, 2.45) is 0 Å². The standard InChI is InChI=1S/C17H21IO5/c1-17(2)22-15-14-13(21-16(15)23-17)11(18)8-12(20-14)9-4-6-10(19-3)7-5-9/h4-7,11-16H,8H2,1-3H3/t11-,12-,13-,14+,15+,16+/m1/s1. The Bertz CT molecular complexity index is 575. The zero-order chi connectivity index (χ0) is 16.2. The molecule has 0 unspecified atom stereocenters. The highest BCUT2D eigenvalue weighted by molar-refractivity contribution is 14.1. The Morgan fingerprint density at radius 1 is 1.04 bits per heavy atom. The summed E-state index contributed by atoms with van der Waals surface area (Å²) in [5, 5.41) is 0. The molecule has 5 nitrogen and oxygen atoms in total. The second-order valence-corrected chi connectivity index (χ2v) is 8.28. The Labute approximate surface area is 149 Å². The Balaban J connectivity index is 1.54. The van der Waals surface area contributed by atoms with E-state index in [-0.39, 0.29) is 30.7 Å². The van der Waals surface area contributed by atoms with E-state index in [0.29, 0.717) is 3.92 Å². The number of hydrogen-bond donors (Lipinski definition) is 0. The van der Waals surface area contributed by atoms with Crippen LogP contribution in [0.2, 0.25) is 0 Å². The molecular weight excluding hydrogens is 411 g/mol. The van der Waals surface area contributed by atoms with Gasteiger partial charge in [0.25, 0.3) is 0 Å². The molecule has 3 fully saturated rings. The van der Waals surface area contributed by atoms with Crippen molar-refractivity contribution >= 4 is 22.6 Å². The zero-order valence-corrected chi connectivity index (χ0v) is 15.6. The third kappa shape index (κ3) is 2.89. The first-order valence-electron chi connectivity index (χ1n) is 7.91. The molecule has 0 aliphatic carbocycles. The summed E-state index contributed by atoms with van der Waals surface area (Å²) in [5.41, 5.74) is 1.16. The first kappa shape index (κ1) is 16.1. The summed E-state index contributed by atoms with van der Waals surface area (Å²) in [7, 11) is 1.67. The van der Waals surface area contributed by atoms with Crippen LogP contribution in [0, 0.1) is 0 Å². The van der Waals surface area contributed by atoms with Crippen LogP contribution in [0.25, 0.3) is 0 Å². The molecule has 0 bridgehead atoms. The van der Waals surface area contributed by atoms with E-state index in [0.717, 1.165) is 17.7 Å². The molecular formula is C17H21IO5. The molecule has 3 aliphatic heterocycles. The summed E-state index contributed by atoms with van der Waals surface area (Å²) >= 11 is 2.46. The molecule has 23 heavy (non-hydrogen) atoms. The number of halogens is 1. The lowest BCUT2D eigenvalue weighted by atomic mass is 9.95. The molecule has 0 radical (unpaired) electrons. The van der Waals surface area contributed by atoms with Crippen molar-refractivity contribution in [3.05, 3.63) is 29.8 Å². The lowest BCUT2D eigenvalue weighted by Gasteiger charge is -2.37. The van der Waals surface area contributed by atoms with Crippen molar-refractivity contribution in [2.75, 3.05) is 7.11 Å². The van der Waals surface area contributed by atoms with E-state index in [2.05, 4.69) is 34.7 Å². The lowest BCUT2D eigenvalue weighted by molar-refractivity contribution is -0.229. The minimum atomic E-state index is -0.614. The molecule has 1 aromatic carbocycles. The Kier molecular flexibility index (Phi) is 4.08. The molecule has 1 aromatic rings. The number of ether oxygens (including phenoxy) is 5. The van der Waals surface area contributed by atoms with Gasteiger partial charge in [0.05, 0.1) is 13.2 Å². The molecule has 0 saturated carbocycles. The fraction of sp³-hybridized carbons (Fsp3) is 0.647. The molecule has 0 spiro atoms. The molecule has 0 N–H and O–H groups in total. The number of alkyl halides is 1. The summed E-state index contributed by atoms with van der Waals surface area (Å²) in [6.45, 7) is 3.82. The second kappa shape index (κ2) is 5.84. The van der Waals surface area contributed by atoms with Gasteiger partial charge in [0, 0.05) is 3.92 Å². The zero-order valence-electron chi connectivity index (χ0n) is 13.4. The minimum Gasteiger partial charge on any atom is -0.497 e. The molecule has 0 amide bonds. The maximum atomic E-state index is 6.37. The number of benzene rings is 1. The van der Waals surface area contributed by atoms with Crippen LogP contribution >= 0.6 is 22.6 Å². The van der Waals surface area contributed by atoms with Crippen molar-refractivity contribution in [3.63, 3.8) is 0 Å². The quantitative estimate of drug-likeness (QED) is 0.531. The van der Waals surface area contributed by atoms with Crippen LogP contribution in [0.4, 0.5) is 0 Å². The van der Waals surface area contributed by atoms with Crippen molar-refractivity contribution in [1.82, 2.24) is 0 Å². The number of methoxy groups -OCH3 is 1. The van der Waals surface area contributed by atoms with Crippen LogP contribution in [0.1, 0.15) is 31.9 Å². The fourth-order valence-corrected chi connectivity index (χ4v) is 4.61. The summed E-state index contributed by atoms with van der Waals surface area (Å²) in [6, 6.07) is 8.07. The highest BCUT2D eigenvalue weighted by Crippen LogP contribution is 2.47. The van der Waals surface area contributed by atoms with Gasteiger partial charge in [-0.05, 0) is 38.0 Å². The average molecular weight is 432 g/mol. The molecule has 0 aromatic heterocycles. The van der Waals surface area contributed by atoms with E-state index in [1.807, 2.05) is 26.0 Å². The maximum Gasteiger partial charge on any atom is 0.190 e. The summed E-state index contributed by atoms with van der Waals surface area (Å²) in [6.07, 6.45) is 0.399. The highest BCUT2D eigenvalue weighted by Gasteiger charge is 2.59. The van der Waals surface area contributed by atoms with E-state index in [9.17, 15) is 0 Å². The predicted molar refractivity (Wildman–Crippen MR) is 91.7 cm³/mol. The van der Waals surface area contributed by atoms with E-state index in [1.165, 1.54) is 0 Å². The first-order valence-corrected chi connectivity index (χ1v) is 9.16. The maximum absolute atomic E-state index is 6.37. The van der Waals surface area contributed by atoms with Gasteiger partial charge >= 0.3 is 0 Å². The highest BCUT2D eigenvalue weighted by atomic mass is 127. The lowest BCUT2D eigenvalue weighted by Crippen LogP contribution is -2.45. The summed E-state index contributed by atoms with van der Waals surface area (Å²) < 4.78 is 29.9. The van der Waals surface area contributed by atoms with Crippen molar-refractivity contribution in [1.29, 1.82) is 0 Å². The van der Waals surface area contributed by atoms with Gasteiger partial charge in [-0.2, -0.15) is 0 Å². The molecule has 3 aliphatic rings. The van der Waals surface area contributed by atoms with Crippen molar-refractivity contribution < 1.29 is 23.7 Å². The fourth-order valence-electron chi connectivity index (χ4n) is 3.57. The van der Waals surface area contributed by atoms with Crippen LogP contribution in [-0.2, 0) is 18.9 Å². The number of hydrogen-bond acceptors (Lipinski definition) is 5. The topological polar surface area (TPSA) is 46.2 Å². The number of fused-ring (bicyclic) bond motifs is 3. The van der Waals surface area contributed by atoms with Gasteiger partial charge in [-0.1, -0.05) is 34.7 Å². The van der Waals surface area contributed by atoms with Crippen LogP contribution in [0.3, 0.4) is 0 Å².